The molecule has 0 spiro atoms. The lowest BCUT2D eigenvalue weighted by Crippen LogP contribution is -2.25. The zero-order valence-corrected chi connectivity index (χ0v) is 12.5. The molecule has 1 heterocycles. The summed E-state index contributed by atoms with van der Waals surface area (Å²) in [7, 11) is 1.75. The van der Waals surface area contributed by atoms with Gasteiger partial charge in [0.05, 0.1) is 29.1 Å². The van der Waals surface area contributed by atoms with E-state index in [4.69, 9.17) is 16.3 Å². The first-order valence-corrected chi connectivity index (χ1v) is 6.99. The van der Waals surface area contributed by atoms with Gasteiger partial charge in [0.1, 0.15) is 0 Å². The van der Waals surface area contributed by atoms with E-state index >= 15 is 0 Å². The maximum Gasteiger partial charge on any atom is 0.0834 e. The van der Waals surface area contributed by atoms with E-state index in [9.17, 15) is 0 Å². The Labute approximate surface area is 115 Å². The fourth-order valence-corrected chi connectivity index (χ4v) is 2.34. The van der Waals surface area contributed by atoms with Crippen LogP contribution in [0.3, 0.4) is 0 Å². The number of nitrogens with zero attached hydrogens (tertiary/aromatic N) is 2. The molecule has 0 fully saturated rings. The third-order valence-corrected chi connectivity index (χ3v) is 3.47. The first kappa shape index (κ1) is 15.5. The molecule has 2 atom stereocenters. The maximum absolute atomic E-state index is 6.25. The van der Waals surface area contributed by atoms with E-state index in [1.807, 2.05) is 4.68 Å². The lowest BCUT2D eigenvalue weighted by atomic mass is 10.1. The number of hydrogen-bond acceptors (Lipinski definition) is 3. The minimum atomic E-state index is 0.238. The Morgan fingerprint density at radius 3 is 2.72 bits per heavy atom. The van der Waals surface area contributed by atoms with E-state index in [1.165, 1.54) is 0 Å². The number of aromatic nitrogens is 2. The van der Waals surface area contributed by atoms with Gasteiger partial charge in [-0.25, -0.2) is 0 Å². The summed E-state index contributed by atoms with van der Waals surface area (Å²) in [4.78, 5) is 0. The van der Waals surface area contributed by atoms with Gasteiger partial charge in [-0.15, -0.1) is 0 Å². The van der Waals surface area contributed by atoms with E-state index in [1.54, 1.807) is 13.3 Å². The van der Waals surface area contributed by atoms with E-state index < -0.39 is 0 Å². The van der Waals surface area contributed by atoms with Crippen LogP contribution in [0, 0.1) is 0 Å². The number of hydrogen-bond donors (Lipinski definition) is 1. The second-order valence-electron chi connectivity index (χ2n) is 4.43. The van der Waals surface area contributed by atoms with Gasteiger partial charge >= 0.3 is 0 Å². The van der Waals surface area contributed by atoms with Gasteiger partial charge < -0.3 is 10.1 Å². The molecule has 0 aliphatic carbocycles. The molecular formula is C13H24ClN3O. The normalized spacial score (nSPS) is 14.7. The highest BCUT2D eigenvalue weighted by atomic mass is 35.5. The quantitative estimate of drug-likeness (QED) is 0.791. The minimum absolute atomic E-state index is 0.238. The fourth-order valence-electron chi connectivity index (χ4n) is 2.07. The maximum atomic E-state index is 6.25. The highest BCUT2D eigenvalue weighted by Gasteiger charge is 2.19. The van der Waals surface area contributed by atoms with E-state index in [2.05, 4.69) is 31.2 Å². The number of methoxy groups -OCH3 is 1. The smallest absolute Gasteiger partial charge is 0.0834 e. The summed E-state index contributed by atoms with van der Waals surface area (Å²) in [5.41, 5.74) is 1.09. The second kappa shape index (κ2) is 7.77. The van der Waals surface area contributed by atoms with Crippen LogP contribution in [0.25, 0.3) is 0 Å². The lowest BCUT2D eigenvalue weighted by Gasteiger charge is -2.21. The monoisotopic (exact) mass is 273 g/mol. The standard InChI is InChI=1S/C13H24ClN3O/c1-5-15-12(8-7-10(3)18-4)13-11(14)9-16-17(13)6-2/h9-10,12,15H,5-8H2,1-4H3. The Morgan fingerprint density at radius 1 is 1.44 bits per heavy atom. The van der Waals surface area contributed by atoms with Crippen molar-refractivity contribution in [2.24, 2.45) is 0 Å². The van der Waals surface area contributed by atoms with Gasteiger partial charge in [0.15, 0.2) is 0 Å². The van der Waals surface area contributed by atoms with Gasteiger partial charge in [0.25, 0.3) is 0 Å². The molecular weight excluding hydrogens is 250 g/mol. The average Bonchev–Trinajstić information content (AvgIpc) is 2.75. The Hall–Kier alpha value is -0.580. The van der Waals surface area contributed by atoms with E-state index in [-0.39, 0.29) is 12.1 Å². The van der Waals surface area contributed by atoms with Crippen LogP contribution in [0.1, 0.15) is 45.3 Å². The van der Waals surface area contributed by atoms with Crippen molar-refractivity contribution < 1.29 is 4.74 Å². The summed E-state index contributed by atoms with van der Waals surface area (Å²) < 4.78 is 7.27. The van der Waals surface area contributed by atoms with Gasteiger partial charge in [-0.1, -0.05) is 18.5 Å². The van der Waals surface area contributed by atoms with Crippen LogP contribution in [0.15, 0.2) is 6.20 Å². The molecule has 0 saturated carbocycles. The van der Waals surface area contributed by atoms with Crippen molar-refractivity contribution in [2.45, 2.75) is 52.3 Å². The molecule has 2 unspecified atom stereocenters. The van der Waals surface area contributed by atoms with Crippen LogP contribution in [-0.4, -0.2) is 29.5 Å². The molecule has 0 bridgehead atoms. The lowest BCUT2D eigenvalue weighted by molar-refractivity contribution is 0.106. The molecule has 5 heteroatoms. The Bertz CT molecular complexity index is 354. The van der Waals surface area contributed by atoms with Crippen LogP contribution in [0.4, 0.5) is 0 Å². The Balaban J connectivity index is 2.79. The summed E-state index contributed by atoms with van der Waals surface area (Å²) in [6.07, 6.45) is 3.99. The molecule has 104 valence electrons. The van der Waals surface area contributed by atoms with Gasteiger partial charge in [-0.3, -0.25) is 4.68 Å². The molecule has 0 aliphatic heterocycles. The van der Waals surface area contributed by atoms with Crippen LogP contribution in [0.2, 0.25) is 5.02 Å². The zero-order chi connectivity index (χ0) is 13.5. The van der Waals surface area contributed by atoms with Gasteiger partial charge in [0.2, 0.25) is 0 Å². The zero-order valence-electron chi connectivity index (χ0n) is 11.7. The first-order valence-electron chi connectivity index (χ1n) is 6.61. The molecule has 1 aromatic rings. The number of halogens is 1. The average molecular weight is 274 g/mol. The Morgan fingerprint density at radius 2 is 2.17 bits per heavy atom. The van der Waals surface area contributed by atoms with Gasteiger partial charge in [-0.2, -0.15) is 5.10 Å². The fraction of sp³-hybridized carbons (Fsp3) is 0.769. The third kappa shape index (κ3) is 3.97. The topological polar surface area (TPSA) is 39.1 Å². The van der Waals surface area contributed by atoms with Crippen LogP contribution >= 0.6 is 11.6 Å². The first-order chi connectivity index (χ1) is 8.63. The number of nitrogens with one attached hydrogen (secondary N) is 1. The number of ether oxygens (including phenoxy) is 1. The van der Waals surface area contributed by atoms with E-state index in [0.717, 1.165) is 36.6 Å². The summed E-state index contributed by atoms with van der Waals surface area (Å²) in [6.45, 7) is 8.02. The van der Waals surface area contributed by atoms with Crippen LogP contribution in [-0.2, 0) is 11.3 Å². The van der Waals surface area contributed by atoms with Crippen molar-refractivity contribution in [1.82, 2.24) is 15.1 Å². The second-order valence-corrected chi connectivity index (χ2v) is 4.83. The van der Waals surface area contributed by atoms with Crippen molar-refractivity contribution in [3.05, 3.63) is 16.9 Å². The molecule has 0 aromatic carbocycles. The van der Waals surface area contributed by atoms with Crippen molar-refractivity contribution in [1.29, 1.82) is 0 Å². The number of aryl methyl sites for hydroxylation is 1. The van der Waals surface area contributed by atoms with Gasteiger partial charge in [-0.05, 0) is 33.2 Å². The highest BCUT2D eigenvalue weighted by Crippen LogP contribution is 2.26. The van der Waals surface area contributed by atoms with Crippen molar-refractivity contribution >= 4 is 11.6 Å². The molecule has 18 heavy (non-hydrogen) atoms. The molecule has 4 nitrogen and oxygen atoms in total. The summed E-state index contributed by atoms with van der Waals surface area (Å²) in [5, 5.41) is 8.52. The van der Waals surface area contributed by atoms with Crippen LogP contribution < -0.4 is 5.32 Å². The third-order valence-electron chi connectivity index (χ3n) is 3.18. The van der Waals surface area contributed by atoms with Crippen molar-refractivity contribution in [2.75, 3.05) is 13.7 Å². The molecule has 0 amide bonds. The number of rotatable bonds is 8. The summed E-state index contributed by atoms with van der Waals surface area (Å²) in [5.74, 6) is 0. The highest BCUT2D eigenvalue weighted by molar-refractivity contribution is 6.31. The Kier molecular flexibility index (Phi) is 6.68. The molecule has 1 rings (SSSR count). The molecule has 0 radical (unpaired) electrons. The predicted octanol–water partition coefficient (Wildman–Crippen LogP) is 3.02. The largest absolute Gasteiger partial charge is 0.382 e. The SMILES string of the molecule is CCNC(CCC(C)OC)c1c(Cl)cnn1CC. The van der Waals surface area contributed by atoms with Crippen molar-refractivity contribution in [3.63, 3.8) is 0 Å². The minimum Gasteiger partial charge on any atom is -0.382 e. The predicted molar refractivity (Wildman–Crippen MR) is 75.0 cm³/mol. The molecule has 0 saturated heterocycles. The molecule has 0 aliphatic rings. The molecule has 1 aromatic heterocycles. The molecule has 1 N–H and O–H groups in total. The summed E-state index contributed by atoms with van der Waals surface area (Å²) >= 11 is 6.25. The van der Waals surface area contributed by atoms with E-state index in [0.29, 0.717) is 0 Å². The van der Waals surface area contributed by atoms with Crippen LogP contribution in [0.5, 0.6) is 0 Å². The van der Waals surface area contributed by atoms with Gasteiger partial charge in [0, 0.05) is 13.7 Å². The summed E-state index contributed by atoms with van der Waals surface area (Å²) in [6, 6.07) is 0.238. The van der Waals surface area contributed by atoms with Crippen molar-refractivity contribution in [3.8, 4) is 0 Å².